The van der Waals surface area contributed by atoms with Crippen LogP contribution in [0.15, 0.2) is 40.8 Å². The average Bonchev–Trinajstić information content (AvgIpc) is 2.90. The average molecular weight is 260 g/mol. The van der Waals surface area contributed by atoms with Gasteiger partial charge in [-0.05, 0) is 50.2 Å². The van der Waals surface area contributed by atoms with E-state index in [1.165, 1.54) is 0 Å². The van der Waals surface area contributed by atoms with Crippen molar-refractivity contribution in [3.8, 4) is 17.1 Å². The molecule has 0 aliphatic rings. The highest BCUT2D eigenvalue weighted by atomic mass is 16.5. The highest BCUT2D eigenvalue weighted by Crippen LogP contribution is 2.24. The highest BCUT2D eigenvalue weighted by molar-refractivity contribution is 5.87. The van der Waals surface area contributed by atoms with E-state index >= 15 is 0 Å². The SMILES string of the molecule is CCOC(=O)c1ccc(-c2ccc(OCC)cc2)o1. The predicted molar refractivity (Wildman–Crippen MR) is 71.3 cm³/mol. The van der Waals surface area contributed by atoms with Crippen LogP contribution in [0.5, 0.6) is 5.75 Å². The maximum absolute atomic E-state index is 11.5. The third kappa shape index (κ3) is 3.16. The molecule has 1 aromatic carbocycles. The monoisotopic (exact) mass is 260 g/mol. The molecule has 0 amide bonds. The molecule has 4 nitrogen and oxygen atoms in total. The standard InChI is InChI=1S/C15H16O4/c1-3-17-12-7-5-11(6-8-12)13-9-10-14(19-13)15(16)18-4-2/h5-10H,3-4H2,1-2H3. The quantitative estimate of drug-likeness (QED) is 0.772. The van der Waals surface area contributed by atoms with Gasteiger partial charge in [-0.25, -0.2) is 4.79 Å². The third-order valence-electron chi connectivity index (χ3n) is 2.53. The topological polar surface area (TPSA) is 48.7 Å². The molecule has 19 heavy (non-hydrogen) atoms. The van der Waals surface area contributed by atoms with E-state index in [4.69, 9.17) is 13.9 Å². The van der Waals surface area contributed by atoms with Gasteiger partial charge in [0.1, 0.15) is 11.5 Å². The van der Waals surface area contributed by atoms with Gasteiger partial charge in [-0.3, -0.25) is 0 Å². The number of carbonyl (C=O) groups excluding carboxylic acids is 1. The van der Waals surface area contributed by atoms with Crippen molar-refractivity contribution in [2.75, 3.05) is 13.2 Å². The van der Waals surface area contributed by atoms with Crippen LogP contribution in [0.3, 0.4) is 0 Å². The summed E-state index contributed by atoms with van der Waals surface area (Å²) < 4.78 is 15.7. The third-order valence-corrected chi connectivity index (χ3v) is 2.53. The Morgan fingerprint density at radius 1 is 1.05 bits per heavy atom. The zero-order chi connectivity index (χ0) is 13.7. The fourth-order valence-corrected chi connectivity index (χ4v) is 1.69. The van der Waals surface area contributed by atoms with E-state index in [0.717, 1.165) is 11.3 Å². The first kappa shape index (κ1) is 13.2. The number of furan rings is 1. The largest absolute Gasteiger partial charge is 0.494 e. The van der Waals surface area contributed by atoms with Gasteiger partial charge >= 0.3 is 5.97 Å². The Hall–Kier alpha value is -2.23. The van der Waals surface area contributed by atoms with E-state index in [0.29, 0.717) is 19.0 Å². The molecule has 0 fully saturated rings. The van der Waals surface area contributed by atoms with Crippen molar-refractivity contribution < 1.29 is 18.7 Å². The van der Waals surface area contributed by atoms with Crippen molar-refractivity contribution in [3.05, 3.63) is 42.2 Å². The molecule has 1 aromatic heterocycles. The number of ether oxygens (including phenoxy) is 2. The number of carbonyl (C=O) groups is 1. The maximum atomic E-state index is 11.5. The van der Waals surface area contributed by atoms with Gasteiger partial charge in [0.15, 0.2) is 0 Å². The lowest BCUT2D eigenvalue weighted by molar-refractivity contribution is 0.0491. The Bertz CT molecular complexity index is 540. The molecule has 4 heteroatoms. The summed E-state index contributed by atoms with van der Waals surface area (Å²) in [5.41, 5.74) is 0.888. The Balaban J connectivity index is 2.15. The maximum Gasteiger partial charge on any atom is 0.374 e. The summed E-state index contributed by atoms with van der Waals surface area (Å²) in [7, 11) is 0. The highest BCUT2D eigenvalue weighted by Gasteiger charge is 2.12. The zero-order valence-electron chi connectivity index (χ0n) is 11.0. The van der Waals surface area contributed by atoms with Gasteiger partial charge in [-0.2, -0.15) is 0 Å². The zero-order valence-corrected chi connectivity index (χ0v) is 11.0. The van der Waals surface area contributed by atoms with Crippen LogP contribution in [0.25, 0.3) is 11.3 Å². The Kier molecular flexibility index (Phi) is 4.23. The van der Waals surface area contributed by atoms with Crippen LogP contribution < -0.4 is 4.74 Å². The minimum absolute atomic E-state index is 0.214. The Morgan fingerprint density at radius 3 is 2.42 bits per heavy atom. The van der Waals surface area contributed by atoms with Crippen molar-refractivity contribution in [3.63, 3.8) is 0 Å². The van der Waals surface area contributed by atoms with E-state index in [1.54, 1.807) is 19.1 Å². The molecule has 0 atom stereocenters. The number of rotatable bonds is 5. The molecule has 2 rings (SSSR count). The van der Waals surface area contributed by atoms with Crippen molar-refractivity contribution in [1.82, 2.24) is 0 Å². The lowest BCUT2D eigenvalue weighted by atomic mass is 10.2. The van der Waals surface area contributed by atoms with E-state index < -0.39 is 5.97 Å². The van der Waals surface area contributed by atoms with Crippen LogP contribution in [-0.4, -0.2) is 19.2 Å². The Morgan fingerprint density at radius 2 is 1.79 bits per heavy atom. The summed E-state index contributed by atoms with van der Waals surface area (Å²) in [6.07, 6.45) is 0. The fraction of sp³-hybridized carbons (Fsp3) is 0.267. The van der Waals surface area contributed by atoms with Gasteiger partial charge in [0.25, 0.3) is 0 Å². The second kappa shape index (κ2) is 6.09. The van der Waals surface area contributed by atoms with Gasteiger partial charge in [-0.1, -0.05) is 0 Å². The molecule has 0 bridgehead atoms. The van der Waals surface area contributed by atoms with Crippen molar-refractivity contribution in [1.29, 1.82) is 0 Å². The molecule has 0 saturated carbocycles. The predicted octanol–water partition coefficient (Wildman–Crippen LogP) is 3.52. The van der Waals surface area contributed by atoms with Crippen molar-refractivity contribution in [2.45, 2.75) is 13.8 Å². The van der Waals surface area contributed by atoms with Gasteiger partial charge in [-0.15, -0.1) is 0 Å². The summed E-state index contributed by atoms with van der Waals surface area (Å²) in [6, 6.07) is 10.9. The van der Waals surface area contributed by atoms with Crippen LogP contribution in [0, 0.1) is 0 Å². The van der Waals surface area contributed by atoms with E-state index in [-0.39, 0.29) is 5.76 Å². The van der Waals surface area contributed by atoms with Gasteiger partial charge in [0, 0.05) is 5.56 Å². The van der Waals surface area contributed by atoms with Gasteiger partial charge in [0.05, 0.1) is 13.2 Å². The number of esters is 1. The number of hydrogen-bond acceptors (Lipinski definition) is 4. The lowest BCUT2D eigenvalue weighted by Crippen LogP contribution is -2.02. The van der Waals surface area contributed by atoms with E-state index in [2.05, 4.69) is 0 Å². The normalized spacial score (nSPS) is 10.2. The Labute approximate surface area is 111 Å². The summed E-state index contributed by atoms with van der Waals surface area (Å²) in [5.74, 6) is 1.21. The summed E-state index contributed by atoms with van der Waals surface area (Å²) in [6.45, 7) is 4.66. The molecule has 0 radical (unpaired) electrons. The molecule has 0 saturated heterocycles. The molecule has 100 valence electrons. The fourth-order valence-electron chi connectivity index (χ4n) is 1.69. The molecular weight excluding hydrogens is 244 g/mol. The second-order valence-electron chi connectivity index (χ2n) is 3.84. The minimum Gasteiger partial charge on any atom is -0.494 e. The second-order valence-corrected chi connectivity index (χ2v) is 3.84. The summed E-state index contributed by atoms with van der Waals surface area (Å²) in [4.78, 5) is 11.5. The van der Waals surface area contributed by atoms with Crippen molar-refractivity contribution >= 4 is 5.97 Å². The first-order chi connectivity index (χ1) is 9.24. The smallest absolute Gasteiger partial charge is 0.374 e. The first-order valence-electron chi connectivity index (χ1n) is 6.24. The van der Waals surface area contributed by atoms with Crippen LogP contribution in [0.1, 0.15) is 24.4 Å². The molecule has 2 aromatic rings. The van der Waals surface area contributed by atoms with Gasteiger partial charge in [0.2, 0.25) is 5.76 Å². The summed E-state index contributed by atoms with van der Waals surface area (Å²) in [5, 5.41) is 0. The molecule has 0 aliphatic carbocycles. The molecule has 0 aliphatic heterocycles. The van der Waals surface area contributed by atoms with Crippen LogP contribution in [0.2, 0.25) is 0 Å². The molecule has 0 unspecified atom stereocenters. The van der Waals surface area contributed by atoms with Crippen molar-refractivity contribution in [2.24, 2.45) is 0 Å². The first-order valence-corrected chi connectivity index (χ1v) is 6.24. The molecule has 0 N–H and O–H groups in total. The number of benzene rings is 1. The lowest BCUT2D eigenvalue weighted by Gasteiger charge is -2.03. The van der Waals surface area contributed by atoms with Crippen LogP contribution in [-0.2, 0) is 4.74 Å². The number of hydrogen-bond donors (Lipinski definition) is 0. The van der Waals surface area contributed by atoms with E-state index in [9.17, 15) is 4.79 Å². The van der Waals surface area contributed by atoms with Crippen LogP contribution in [0.4, 0.5) is 0 Å². The van der Waals surface area contributed by atoms with Crippen LogP contribution >= 0.6 is 0 Å². The minimum atomic E-state index is -0.445. The molecule has 0 spiro atoms. The van der Waals surface area contributed by atoms with Gasteiger partial charge < -0.3 is 13.9 Å². The molecule has 1 heterocycles. The molecular formula is C15H16O4. The van der Waals surface area contributed by atoms with E-state index in [1.807, 2.05) is 31.2 Å². The summed E-state index contributed by atoms with van der Waals surface area (Å²) >= 11 is 0.